The minimum Gasteiger partial charge on any atom is -0.504 e. The molecule has 0 saturated carbocycles. The number of esters is 2. The van der Waals surface area contributed by atoms with Crippen molar-refractivity contribution in [1.29, 1.82) is 5.26 Å². The summed E-state index contributed by atoms with van der Waals surface area (Å²) in [5, 5.41) is 22.5. The Hall–Kier alpha value is -3.70. The Bertz CT molecular complexity index is 1680. The molecule has 0 amide bonds. The number of likely N-dealkylation sites (N-methyl/N-ethyl adjacent to an activating group) is 1. The number of carbonyl (C=O) groups is 2. The summed E-state index contributed by atoms with van der Waals surface area (Å²) in [6.45, 7) is 5.42. The number of nitrogens with two attached hydrogens (primary N) is 1. The zero-order valence-corrected chi connectivity index (χ0v) is 26.7. The molecule has 238 valence electrons. The van der Waals surface area contributed by atoms with E-state index in [9.17, 15) is 20.0 Å². The van der Waals surface area contributed by atoms with E-state index in [0.717, 1.165) is 16.7 Å². The van der Waals surface area contributed by atoms with E-state index in [1.54, 1.807) is 0 Å². The molecule has 12 nitrogen and oxygen atoms in total. The van der Waals surface area contributed by atoms with Gasteiger partial charge in [0.1, 0.15) is 23.9 Å². The molecule has 2 aromatic carbocycles. The number of benzene rings is 2. The lowest BCUT2D eigenvalue weighted by molar-refractivity contribution is -0.151. The molecule has 6 aliphatic rings. The highest BCUT2D eigenvalue weighted by Crippen LogP contribution is 2.65. The molecule has 6 heterocycles. The number of rotatable bonds is 3. The van der Waals surface area contributed by atoms with Crippen LogP contribution in [0.4, 0.5) is 0 Å². The van der Waals surface area contributed by atoms with Gasteiger partial charge >= 0.3 is 11.9 Å². The first-order valence-corrected chi connectivity index (χ1v) is 16.1. The van der Waals surface area contributed by atoms with Gasteiger partial charge in [-0.05, 0) is 31.5 Å². The lowest BCUT2D eigenvalue weighted by Crippen LogP contribution is -2.69. The average molecular weight is 637 g/mol. The van der Waals surface area contributed by atoms with E-state index in [1.807, 2.05) is 27.0 Å². The highest BCUT2D eigenvalue weighted by atomic mass is 32.2. The van der Waals surface area contributed by atoms with Crippen LogP contribution in [0.1, 0.15) is 64.6 Å². The summed E-state index contributed by atoms with van der Waals surface area (Å²) in [6.07, 6.45) is 0.812. The van der Waals surface area contributed by atoms with E-state index >= 15 is 0 Å². The van der Waals surface area contributed by atoms with Crippen molar-refractivity contribution in [1.82, 2.24) is 9.80 Å². The van der Waals surface area contributed by atoms with Gasteiger partial charge in [-0.25, -0.2) is 0 Å². The number of nitrogens with zero attached hydrogens (tertiary/aromatic N) is 3. The zero-order valence-electron chi connectivity index (χ0n) is 25.8. The number of hydrogen-bond donors (Lipinski definition) is 2. The molecule has 2 aromatic rings. The van der Waals surface area contributed by atoms with Gasteiger partial charge in [0.15, 0.2) is 23.0 Å². The molecular weight excluding hydrogens is 600 g/mol. The number of carbonyl (C=O) groups excluding carboxylic acids is 2. The third-order valence-corrected chi connectivity index (χ3v) is 11.3. The van der Waals surface area contributed by atoms with E-state index in [-0.39, 0.29) is 24.9 Å². The van der Waals surface area contributed by atoms with Gasteiger partial charge in [0.05, 0.1) is 30.5 Å². The van der Waals surface area contributed by atoms with Gasteiger partial charge in [-0.15, -0.1) is 11.8 Å². The van der Waals surface area contributed by atoms with Crippen LogP contribution in [0.2, 0.25) is 0 Å². The second-order valence-corrected chi connectivity index (χ2v) is 13.6. The van der Waals surface area contributed by atoms with Gasteiger partial charge in [-0.1, -0.05) is 13.0 Å². The Morgan fingerprint density at radius 3 is 2.69 bits per heavy atom. The van der Waals surface area contributed by atoms with Crippen LogP contribution in [0.3, 0.4) is 0 Å². The first kappa shape index (κ1) is 30.0. The Labute approximate surface area is 265 Å². The SMILES string of the molecule is CCc1c2c(c3c(c1OC(C)=O)[C@H]1SCC(N)C(=O)OC[C@@H]3N3C1[C@@H]1c4c(cc(C)c(OC)c4O)CC3(C#N)CN1C)OCO2. The number of phenolic OH excluding ortho intramolecular Hbond substituents is 1. The third kappa shape index (κ3) is 4.15. The second kappa shape index (κ2) is 10.7. The lowest BCUT2D eigenvalue weighted by Gasteiger charge is -2.60. The summed E-state index contributed by atoms with van der Waals surface area (Å²) in [6, 6.07) is 2.24. The van der Waals surface area contributed by atoms with Crippen molar-refractivity contribution < 1.29 is 38.4 Å². The number of ether oxygens (including phenoxy) is 5. The number of methoxy groups -OCH3 is 1. The topological polar surface area (TPSA) is 157 Å². The first-order valence-electron chi connectivity index (χ1n) is 15.1. The minimum atomic E-state index is -1.10. The van der Waals surface area contributed by atoms with E-state index in [4.69, 9.17) is 29.4 Å². The molecule has 3 unspecified atom stereocenters. The van der Waals surface area contributed by atoms with Gasteiger partial charge in [-0.2, -0.15) is 5.26 Å². The number of nitriles is 1. The maximum absolute atomic E-state index is 13.1. The summed E-state index contributed by atoms with van der Waals surface area (Å²) in [7, 11) is 3.49. The van der Waals surface area contributed by atoms with Crippen LogP contribution < -0.4 is 24.7 Å². The fourth-order valence-electron chi connectivity index (χ4n) is 8.30. The van der Waals surface area contributed by atoms with E-state index in [2.05, 4.69) is 15.9 Å². The lowest BCUT2D eigenvalue weighted by atomic mass is 9.76. The summed E-state index contributed by atoms with van der Waals surface area (Å²) < 4.78 is 29.8. The highest BCUT2D eigenvalue weighted by molar-refractivity contribution is 7.99. The number of phenols is 1. The van der Waals surface area contributed by atoms with Gasteiger partial charge in [0.2, 0.25) is 6.79 Å². The van der Waals surface area contributed by atoms with E-state index in [1.165, 1.54) is 25.8 Å². The van der Waals surface area contributed by atoms with Crippen molar-refractivity contribution in [2.24, 2.45) is 5.73 Å². The molecule has 13 heteroatoms. The number of aromatic hydroxyl groups is 1. The Morgan fingerprint density at radius 1 is 1.24 bits per heavy atom. The van der Waals surface area contributed by atoms with Crippen LogP contribution in [0, 0.1) is 18.3 Å². The smallest absolute Gasteiger partial charge is 0.323 e. The number of hydrogen-bond acceptors (Lipinski definition) is 13. The van der Waals surface area contributed by atoms with Crippen LogP contribution in [-0.4, -0.2) is 84.3 Å². The minimum absolute atomic E-state index is 0.0238. The fourth-order valence-corrected chi connectivity index (χ4v) is 9.73. The van der Waals surface area contributed by atoms with Crippen LogP contribution in [0.15, 0.2) is 6.07 Å². The quantitative estimate of drug-likeness (QED) is 0.375. The molecule has 0 radical (unpaired) electrons. The van der Waals surface area contributed by atoms with Gasteiger partial charge < -0.3 is 34.5 Å². The van der Waals surface area contributed by atoms with Crippen molar-refractivity contribution in [2.45, 2.75) is 68.6 Å². The molecule has 0 aromatic heterocycles. The molecule has 0 spiro atoms. The molecule has 6 aliphatic heterocycles. The van der Waals surface area contributed by atoms with Gasteiger partial charge in [-0.3, -0.25) is 19.4 Å². The normalized spacial score (nSPS) is 30.0. The molecule has 1 saturated heterocycles. The molecule has 45 heavy (non-hydrogen) atoms. The van der Waals surface area contributed by atoms with Crippen LogP contribution >= 0.6 is 11.8 Å². The predicted octanol–water partition coefficient (Wildman–Crippen LogP) is 2.81. The molecule has 0 aliphatic carbocycles. The summed E-state index contributed by atoms with van der Waals surface area (Å²) >= 11 is 1.45. The van der Waals surface area contributed by atoms with Crippen molar-refractivity contribution in [3.63, 3.8) is 0 Å². The van der Waals surface area contributed by atoms with Crippen LogP contribution in [-0.2, 0) is 27.2 Å². The average Bonchev–Trinajstić information content (AvgIpc) is 3.39. The van der Waals surface area contributed by atoms with Crippen molar-refractivity contribution in [2.75, 3.05) is 39.9 Å². The van der Waals surface area contributed by atoms with E-state index in [0.29, 0.717) is 59.1 Å². The Morgan fingerprint density at radius 2 is 2.00 bits per heavy atom. The van der Waals surface area contributed by atoms with Crippen molar-refractivity contribution in [3.8, 4) is 34.8 Å². The maximum atomic E-state index is 13.1. The zero-order chi connectivity index (χ0) is 31.9. The van der Waals surface area contributed by atoms with Gasteiger partial charge in [0.25, 0.3) is 0 Å². The monoisotopic (exact) mass is 636 g/mol. The van der Waals surface area contributed by atoms with Crippen molar-refractivity contribution >= 4 is 23.7 Å². The predicted molar refractivity (Wildman–Crippen MR) is 163 cm³/mol. The molecule has 3 N–H and O–H groups in total. The molecule has 6 atom stereocenters. The summed E-state index contributed by atoms with van der Waals surface area (Å²) in [4.78, 5) is 30.0. The second-order valence-electron chi connectivity index (χ2n) is 12.4. The number of cyclic esters (lactones) is 1. The number of thioether (sulfide) groups is 1. The summed E-state index contributed by atoms with van der Waals surface area (Å²) in [5.41, 5.74) is 9.67. The molecular formula is C32H36N4O8S. The van der Waals surface area contributed by atoms with E-state index < -0.39 is 46.9 Å². The van der Waals surface area contributed by atoms with Crippen LogP contribution in [0.25, 0.3) is 0 Å². The van der Waals surface area contributed by atoms with Crippen LogP contribution in [0.5, 0.6) is 28.7 Å². The maximum Gasteiger partial charge on any atom is 0.323 e. The molecule has 4 bridgehead atoms. The number of aryl methyl sites for hydroxylation is 1. The van der Waals surface area contributed by atoms with Crippen molar-refractivity contribution in [3.05, 3.63) is 39.4 Å². The third-order valence-electron chi connectivity index (χ3n) is 9.83. The number of piperazine rings is 1. The molecule has 8 rings (SSSR count). The molecule has 1 fully saturated rings. The largest absolute Gasteiger partial charge is 0.504 e. The number of fused-ring (bicyclic) bond motifs is 2. The highest BCUT2D eigenvalue weighted by Gasteiger charge is 2.63. The Balaban J connectivity index is 1.60. The first-order chi connectivity index (χ1) is 21.6. The summed E-state index contributed by atoms with van der Waals surface area (Å²) in [5.74, 6) is 1.01. The fraction of sp³-hybridized carbons (Fsp3) is 0.531. The Kier molecular flexibility index (Phi) is 7.12. The van der Waals surface area contributed by atoms with Gasteiger partial charge in [0, 0.05) is 53.9 Å². The standard InChI is InChI=1S/C32H36N4O8S/c1-6-17-27(44-15(3)37)22-21(29-28(17)42-13-43-29)19-9-41-31(39)18(34)10-45-30(22)24-23-20-16(7-14(2)26(40-5)25(20)38)8-32(11-33,36(19)24)12-35(23)4/h7,18-19,23-24,30,38H,6,8-10,12-13,34H2,1-5H3/t18?,19-,23-,24?,30+,32?/m0/s1.